The number of hydrogen-bond donors (Lipinski definition) is 0. The molecular weight excluding hydrogens is 496 g/mol. The molecule has 192 valence electrons. The van der Waals surface area contributed by atoms with Crippen LogP contribution in [0.3, 0.4) is 0 Å². The maximum Gasteiger partial charge on any atom is 0.0951 e. The number of rotatable bonds is 4. The van der Waals surface area contributed by atoms with Gasteiger partial charge in [-0.15, -0.1) is 0 Å². The Morgan fingerprint density at radius 3 is 1.56 bits per heavy atom. The molecule has 0 saturated carbocycles. The van der Waals surface area contributed by atoms with E-state index >= 15 is 0 Å². The molecule has 0 atom stereocenters. The zero-order valence-corrected chi connectivity index (χ0v) is 22.4. The zero-order valence-electron chi connectivity index (χ0n) is 22.4. The lowest BCUT2D eigenvalue weighted by Gasteiger charge is -2.13. The number of para-hydroxylation sites is 3. The number of hydrogen-bond acceptors (Lipinski definition) is 1. The number of benzene rings is 6. The van der Waals surface area contributed by atoms with Crippen molar-refractivity contribution < 1.29 is 0 Å². The molecule has 2 nitrogen and oxygen atoms in total. The van der Waals surface area contributed by atoms with Crippen molar-refractivity contribution in [1.82, 2.24) is 9.38 Å². The molecule has 2 aromatic heterocycles. The number of nitrogens with zero attached hydrogens (tertiary/aromatic N) is 2. The average molecular weight is 523 g/mol. The van der Waals surface area contributed by atoms with Crippen LogP contribution >= 0.6 is 0 Å². The summed E-state index contributed by atoms with van der Waals surface area (Å²) in [6, 6.07) is 56.2. The van der Waals surface area contributed by atoms with Crippen molar-refractivity contribution in [2.45, 2.75) is 0 Å². The minimum atomic E-state index is 0.985. The average Bonchev–Trinajstić information content (AvgIpc) is 3.45. The van der Waals surface area contributed by atoms with Gasteiger partial charge < -0.3 is 4.40 Å². The third kappa shape index (κ3) is 4.09. The van der Waals surface area contributed by atoms with Crippen LogP contribution in [0, 0.1) is 0 Å². The third-order valence-electron chi connectivity index (χ3n) is 7.92. The van der Waals surface area contributed by atoms with E-state index in [0.717, 1.165) is 27.8 Å². The van der Waals surface area contributed by atoms with Crippen molar-refractivity contribution in [3.05, 3.63) is 158 Å². The topological polar surface area (TPSA) is 17.3 Å². The Morgan fingerprint density at radius 1 is 0.341 bits per heavy atom. The summed E-state index contributed by atoms with van der Waals surface area (Å²) in [5.74, 6) is 0. The lowest BCUT2D eigenvalue weighted by Crippen LogP contribution is -1.95. The first-order chi connectivity index (χ1) is 20.3. The molecule has 2 heteroatoms. The molecular formula is C39H26N2. The van der Waals surface area contributed by atoms with Crippen LogP contribution < -0.4 is 0 Å². The van der Waals surface area contributed by atoms with E-state index in [4.69, 9.17) is 4.98 Å². The second kappa shape index (κ2) is 9.62. The van der Waals surface area contributed by atoms with E-state index < -0.39 is 0 Å². The van der Waals surface area contributed by atoms with Gasteiger partial charge in [-0.1, -0.05) is 109 Å². The molecule has 41 heavy (non-hydrogen) atoms. The molecule has 0 amide bonds. The Morgan fingerprint density at radius 2 is 0.854 bits per heavy atom. The molecule has 0 unspecified atom stereocenters. The van der Waals surface area contributed by atoms with Gasteiger partial charge in [0.1, 0.15) is 0 Å². The molecule has 6 aromatic carbocycles. The van der Waals surface area contributed by atoms with Gasteiger partial charge in [-0.3, -0.25) is 0 Å². The molecule has 0 radical (unpaired) electrons. The van der Waals surface area contributed by atoms with Gasteiger partial charge in [-0.25, -0.2) is 4.98 Å². The van der Waals surface area contributed by atoms with Crippen molar-refractivity contribution in [2.75, 3.05) is 0 Å². The highest BCUT2D eigenvalue weighted by Crippen LogP contribution is 2.36. The van der Waals surface area contributed by atoms with Crippen LogP contribution in [0.15, 0.2) is 158 Å². The van der Waals surface area contributed by atoms with Crippen LogP contribution in [0.2, 0.25) is 0 Å². The Kier molecular flexibility index (Phi) is 5.49. The summed E-state index contributed by atoms with van der Waals surface area (Å²) in [6.07, 6.45) is 0. The second-order valence-electron chi connectivity index (χ2n) is 10.5. The highest BCUT2D eigenvalue weighted by molar-refractivity contribution is 5.99. The molecule has 0 spiro atoms. The predicted molar refractivity (Wildman–Crippen MR) is 172 cm³/mol. The lowest BCUT2D eigenvalue weighted by molar-refractivity contribution is 1.27. The van der Waals surface area contributed by atoms with Crippen molar-refractivity contribution in [1.29, 1.82) is 0 Å². The van der Waals surface area contributed by atoms with Crippen LogP contribution in [0.1, 0.15) is 0 Å². The van der Waals surface area contributed by atoms with E-state index in [-0.39, 0.29) is 0 Å². The van der Waals surface area contributed by atoms with E-state index in [1.54, 1.807) is 0 Å². The summed E-state index contributed by atoms with van der Waals surface area (Å²) in [4.78, 5) is 5.21. The summed E-state index contributed by atoms with van der Waals surface area (Å²) in [5, 5.41) is 1.21. The predicted octanol–water partition coefficient (Wildman–Crippen LogP) is 10.3. The van der Waals surface area contributed by atoms with Crippen molar-refractivity contribution >= 4 is 27.5 Å². The highest BCUT2D eigenvalue weighted by atomic mass is 14.9. The van der Waals surface area contributed by atoms with Crippen LogP contribution in [-0.2, 0) is 0 Å². The van der Waals surface area contributed by atoms with Gasteiger partial charge in [0.25, 0.3) is 0 Å². The zero-order chi connectivity index (χ0) is 27.2. The largest absolute Gasteiger partial charge is 0.306 e. The normalized spacial score (nSPS) is 11.4. The van der Waals surface area contributed by atoms with E-state index in [1.165, 1.54) is 44.3 Å². The van der Waals surface area contributed by atoms with Gasteiger partial charge in [0.05, 0.1) is 27.8 Å². The second-order valence-corrected chi connectivity index (χ2v) is 10.5. The van der Waals surface area contributed by atoms with Crippen LogP contribution in [0.25, 0.3) is 72.1 Å². The van der Waals surface area contributed by atoms with Gasteiger partial charge in [0.2, 0.25) is 0 Å². The fourth-order valence-electron chi connectivity index (χ4n) is 5.96. The van der Waals surface area contributed by atoms with Gasteiger partial charge in [-0.05, 0) is 81.9 Å². The van der Waals surface area contributed by atoms with E-state index in [2.05, 4.69) is 162 Å². The van der Waals surface area contributed by atoms with E-state index in [0.29, 0.717) is 0 Å². The molecule has 8 aromatic rings. The van der Waals surface area contributed by atoms with E-state index in [9.17, 15) is 0 Å². The van der Waals surface area contributed by atoms with Crippen LogP contribution in [-0.4, -0.2) is 9.38 Å². The standard InChI is InChI=1S/C39H26N2/c1-3-12-27(13-4-1)32-23-33(28-14-5-2-6-15-28)25-34(24-32)29-17-11-18-31(22-29)39-38-26-30-16-7-9-20-36(30)41(38)37-21-10-8-19-35(37)40-39/h1-26H. The lowest BCUT2D eigenvalue weighted by atomic mass is 9.92. The summed E-state index contributed by atoms with van der Waals surface area (Å²) in [6.45, 7) is 0. The minimum absolute atomic E-state index is 0.985. The molecule has 0 aliphatic heterocycles. The number of fused-ring (bicyclic) bond motifs is 5. The van der Waals surface area contributed by atoms with Crippen molar-refractivity contribution in [3.8, 4) is 44.6 Å². The van der Waals surface area contributed by atoms with Crippen LogP contribution in [0.4, 0.5) is 0 Å². The first-order valence-corrected chi connectivity index (χ1v) is 14.0. The molecule has 0 bridgehead atoms. The smallest absolute Gasteiger partial charge is 0.0951 e. The summed E-state index contributed by atoms with van der Waals surface area (Å²) >= 11 is 0. The maximum absolute atomic E-state index is 5.21. The SMILES string of the molecule is c1ccc(-c2cc(-c3ccccc3)cc(-c3cccc(-c4nc5ccccc5n5c4cc4ccccc45)c3)c2)cc1. The van der Waals surface area contributed by atoms with Gasteiger partial charge in [0, 0.05) is 10.9 Å². The molecule has 0 aliphatic carbocycles. The molecule has 0 N–H and O–H groups in total. The van der Waals surface area contributed by atoms with Gasteiger partial charge in [0.15, 0.2) is 0 Å². The Bertz CT molecular complexity index is 2130. The van der Waals surface area contributed by atoms with Gasteiger partial charge in [-0.2, -0.15) is 0 Å². The Hall–Kier alpha value is -5.47. The Balaban J connectivity index is 1.35. The summed E-state index contributed by atoms with van der Waals surface area (Å²) in [7, 11) is 0. The minimum Gasteiger partial charge on any atom is -0.306 e. The summed E-state index contributed by atoms with van der Waals surface area (Å²) in [5.41, 5.74) is 13.7. The number of aromatic nitrogens is 2. The van der Waals surface area contributed by atoms with E-state index in [1.807, 2.05) is 0 Å². The Labute approximate surface area is 238 Å². The maximum atomic E-state index is 5.21. The fourth-order valence-corrected chi connectivity index (χ4v) is 5.96. The first kappa shape index (κ1) is 23.4. The molecule has 2 heterocycles. The molecule has 8 rings (SSSR count). The fraction of sp³-hybridized carbons (Fsp3) is 0. The van der Waals surface area contributed by atoms with Crippen molar-refractivity contribution in [3.63, 3.8) is 0 Å². The monoisotopic (exact) mass is 522 g/mol. The highest BCUT2D eigenvalue weighted by Gasteiger charge is 2.15. The van der Waals surface area contributed by atoms with Crippen LogP contribution in [0.5, 0.6) is 0 Å². The summed E-state index contributed by atoms with van der Waals surface area (Å²) < 4.78 is 2.35. The third-order valence-corrected chi connectivity index (χ3v) is 7.92. The molecule has 0 fully saturated rings. The first-order valence-electron chi connectivity index (χ1n) is 14.0. The molecule has 0 saturated heterocycles. The van der Waals surface area contributed by atoms with Crippen molar-refractivity contribution in [2.24, 2.45) is 0 Å². The molecule has 0 aliphatic rings. The quantitative estimate of drug-likeness (QED) is 0.225. The van der Waals surface area contributed by atoms with Gasteiger partial charge >= 0.3 is 0 Å².